The lowest BCUT2D eigenvalue weighted by Crippen LogP contribution is -2.07. The molecule has 0 amide bonds. The van der Waals surface area contributed by atoms with Crippen LogP contribution in [0.5, 0.6) is 0 Å². The largest absolute Gasteiger partial charge is 0.462 e. The molecule has 0 aliphatic carbocycles. The van der Waals surface area contributed by atoms with E-state index < -0.39 is 0 Å². The molecule has 1 aromatic carbocycles. The Bertz CT molecular complexity index is 748. The van der Waals surface area contributed by atoms with Gasteiger partial charge in [-0.1, -0.05) is 30.3 Å². The normalized spacial score (nSPS) is 10.7. The molecule has 0 saturated heterocycles. The summed E-state index contributed by atoms with van der Waals surface area (Å²) in [6.45, 7) is 2.14. The van der Waals surface area contributed by atoms with Gasteiger partial charge in [0.1, 0.15) is 5.65 Å². The maximum Gasteiger partial charge on any atom is 0.340 e. The summed E-state index contributed by atoms with van der Waals surface area (Å²) in [7, 11) is 0. The fourth-order valence-corrected chi connectivity index (χ4v) is 2.16. The van der Waals surface area contributed by atoms with Crippen molar-refractivity contribution in [2.24, 2.45) is 0 Å². The number of aromatic nitrogens is 2. The van der Waals surface area contributed by atoms with Gasteiger partial charge < -0.3 is 9.72 Å². The van der Waals surface area contributed by atoms with Gasteiger partial charge in [-0.05, 0) is 19.1 Å². The first-order valence-corrected chi connectivity index (χ1v) is 6.50. The average molecular weight is 266 g/mol. The summed E-state index contributed by atoms with van der Waals surface area (Å²) in [5.41, 5.74) is 2.79. The van der Waals surface area contributed by atoms with Crippen molar-refractivity contribution in [1.29, 1.82) is 0 Å². The molecule has 0 bridgehead atoms. The van der Waals surface area contributed by atoms with E-state index >= 15 is 0 Å². The Kier molecular flexibility index (Phi) is 3.21. The molecule has 0 atom stereocenters. The number of nitrogens with one attached hydrogen (secondary N) is 1. The standard InChI is InChI=1S/C16H14N2O2/c1-2-20-16(19)13-10-12-8-9-17-15(12)18-14(13)11-6-4-3-5-7-11/h3-10H,2H2,1H3,(H,17,18). The zero-order valence-corrected chi connectivity index (χ0v) is 11.1. The molecule has 0 radical (unpaired) electrons. The molecule has 3 rings (SSSR count). The summed E-state index contributed by atoms with van der Waals surface area (Å²) in [4.78, 5) is 19.7. The van der Waals surface area contributed by atoms with Crippen molar-refractivity contribution in [1.82, 2.24) is 9.97 Å². The predicted octanol–water partition coefficient (Wildman–Crippen LogP) is 3.41. The number of hydrogen-bond donors (Lipinski definition) is 1. The minimum absolute atomic E-state index is 0.345. The van der Waals surface area contributed by atoms with Crippen molar-refractivity contribution in [3.8, 4) is 11.3 Å². The smallest absolute Gasteiger partial charge is 0.340 e. The second kappa shape index (κ2) is 5.17. The van der Waals surface area contributed by atoms with Gasteiger partial charge in [-0.3, -0.25) is 0 Å². The zero-order valence-electron chi connectivity index (χ0n) is 11.1. The number of carbonyl (C=O) groups excluding carboxylic acids is 1. The summed E-state index contributed by atoms with van der Waals surface area (Å²) in [5.74, 6) is -0.345. The molecule has 2 aromatic heterocycles. The van der Waals surface area contributed by atoms with E-state index in [2.05, 4.69) is 9.97 Å². The third-order valence-corrected chi connectivity index (χ3v) is 3.08. The number of esters is 1. The molecule has 0 unspecified atom stereocenters. The fraction of sp³-hybridized carbons (Fsp3) is 0.125. The van der Waals surface area contributed by atoms with Gasteiger partial charge in [-0.2, -0.15) is 0 Å². The first-order chi connectivity index (χ1) is 9.79. The number of nitrogens with zero attached hydrogens (tertiary/aromatic N) is 1. The third-order valence-electron chi connectivity index (χ3n) is 3.08. The van der Waals surface area contributed by atoms with Crippen LogP contribution in [0.15, 0.2) is 48.7 Å². The lowest BCUT2D eigenvalue weighted by Gasteiger charge is -2.08. The molecule has 4 heteroatoms. The molecule has 100 valence electrons. The van der Waals surface area contributed by atoms with Crippen molar-refractivity contribution in [2.75, 3.05) is 6.61 Å². The quantitative estimate of drug-likeness (QED) is 0.739. The average Bonchev–Trinajstić information content (AvgIpc) is 2.94. The SMILES string of the molecule is CCOC(=O)c1cc2cc[nH]c2nc1-c1ccccc1. The van der Waals surface area contributed by atoms with Crippen molar-refractivity contribution < 1.29 is 9.53 Å². The van der Waals surface area contributed by atoms with Crippen molar-refractivity contribution in [3.05, 3.63) is 54.2 Å². The summed E-state index contributed by atoms with van der Waals surface area (Å²) in [5, 5.41) is 0.896. The van der Waals surface area contributed by atoms with Crippen LogP contribution in [0.1, 0.15) is 17.3 Å². The number of rotatable bonds is 3. The molecule has 0 aliphatic rings. The second-order valence-corrected chi connectivity index (χ2v) is 4.39. The summed E-state index contributed by atoms with van der Waals surface area (Å²) < 4.78 is 5.13. The highest BCUT2D eigenvalue weighted by Gasteiger charge is 2.17. The van der Waals surface area contributed by atoms with E-state index in [0.29, 0.717) is 17.9 Å². The van der Waals surface area contributed by atoms with E-state index in [0.717, 1.165) is 16.6 Å². The molecule has 20 heavy (non-hydrogen) atoms. The molecule has 0 saturated carbocycles. The van der Waals surface area contributed by atoms with E-state index in [4.69, 9.17) is 4.74 Å². The van der Waals surface area contributed by atoms with Crippen LogP contribution in [0, 0.1) is 0 Å². The highest BCUT2D eigenvalue weighted by Crippen LogP contribution is 2.25. The van der Waals surface area contributed by atoms with Gasteiger partial charge in [0, 0.05) is 17.1 Å². The van der Waals surface area contributed by atoms with Crippen LogP contribution in [0.3, 0.4) is 0 Å². The number of carbonyl (C=O) groups is 1. The van der Waals surface area contributed by atoms with Crippen LogP contribution in [-0.4, -0.2) is 22.5 Å². The van der Waals surface area contributed by atoms with Crippen LogP contribution in [0.25, 0.3) is 22.3 Å². The molecule has 4 nitrogen and oxygen atoms in total. The lowest BCUT2D eigenvalue weighted by molar-refractivity contribution is 0.0527. The highest BCUT2D eigenvalue weighted by atomic mass is 16.5. The molecule has 3 aromatic rings. The number of aromatic amines is 1. The summed E-state index contributed by atoms with van der Waals surface area (Å²) >= 11 is 0. The van der Waals surface area contributed by atoms with Crippen molar-refractivity contribution >= 4 is 17.0 Å². The van der Waals surface area contributed by atoms with Crippen molar-refractivity contribution in [3.63, 3.8) is 0 Å². The minimum atomic E-state index is -0.345. The molecule has 0 spiro atoms. The molecule has 0 aliphatic heterocycles. The first kappa shape index (κ1) is 12.4. The lowest BCUT2D eigenvalue weighted by atomic mass is 10.0. The number of pyridine rings is 1. The first-order valence-electron chi connectivity index (χ1n) is 6.50. The number of fused-ring (bicyclic) bond motifs is 1. The van der Waals surface area contributed by atoms with E-state index in [1.165, 1.54) is 0 Å². The van der Waals surface area contributed by atoms with E-state index in [9.17, 15) is 4.79 Å². The predicted molar refractivity (Wildman–Crippen MR) is 77.5 cm³/mol. The Hall–Kier alpha value is -2.62. The summed E-state index contributed by atoms with van der Waals surface area (Å²) in [6.07, 6.45) is 1.81. The maximum absolute atomic E-state index is 12.1. The Morgan fingerprint density at radius 1 is 1.25 bits per heavy atom. The van der Waals surface area contributed by atoms with Crippen LogP contribution >= 0.6 is 0 Å². The van der Waals surface area contributed by atoms with Gasteiger partial charge >= 0.3 is 5.97 Å². The molecule has 2 heterocycles. The number of H-pyrrole nitrogens is 1. The van der Waals surface area contributed by atoms with Crippen molar-refractivity contribution in [2.45, 2.75) is 6.92 Å². The zero-order chi connectivity index (χ0) is 13.9. The Balaban J connectivity index is 2.21. The Morgan fingerprint density at radius 2 is 2.05 bits per heavy atom. The number of benzene rings is 1. The fourth-order valence-electron chi connectivity index (χ4n) is 2.16. The number of hydrogen-bond acceptors (Lipinski definition) is 3. The molecular formula is C16H14N2O2. The van der Waals surface area contributed by atoms with Gasteiger partial charge in [-0.15, -0.1) is 0 Å². The molecule has 0 fully saturated rings. The highest BCUT2D eigenvalue weighted by molar-refractivity contribution is 5.99. The van der Waals surface area contributed by atoms with E-state index in [1.807, 2.05) is 42.5 Å². The maximum atomic E-state index is 12.1. The monoisotopic (exact) mass is 266 g/mol. The number of ether oxygens (including phenoxy) is 1. The van der Waals surface area contributed by atoms with Gasteiger partial charge in [0.15, 0.2) is 0 Å². The van der Waals surface area contributed by atoms with E-state index in [1.54, 1.807) is 13.1 Å². The summed E-state index contributed by atoms with van der Waals surface area (Å²) in [6, 6.07) is 13.3. The molecular weight excluding hydrogens is 252 g/mol. The second-order valence-electron chi connectivity index (χ2n) is 4.39. The Morgan fingerprint density at radius 3 is 2.80 bits per heavy atom. The minimum Gasteiger partial charge on any atom is -0.462 e. The van der Waals surface area contributed by atoms with Crippen LogP contribution in [0.2, 0.25) is 0 Å². The van der Waals surface area contributed by atoms with Crippen LogP contribution < -0.4 is 0 Å². The van der Waals surface area contributed by atoms with Gasteiger partial charge in [0.25, 0.3) is 0 Å². The molecule has 1 N–H and O–H groups in total. The van der Waals surface area contributed by atoms with E-state index in [-0.39, 0.29) is 5.97 Å². The topological polar surface area (TPSA) is 55.0 Å². The van der Waals surface area contributed by atoms with Gasteiger partial charge in [-0.25, -0.2) is 9.78 Å². The van der Waals surface area contributed by atoms with Crippen LogP contribution in [0.4, 0.5) is 0 Å². The van der Waals surface area contributed by atoms with Gasteiger partial charge in [0.05, 0.1) is 17.9 Å². The third kappa shape index (κ3) is 2.16. The van der Waals surface area contributed by atoms with Crippen LogP contribution in [-0.2, 0) is 4.74 Å². The van der Waals surface area contributed by atoms with Gasteiger partial charge in [0.2, 0.25) is 0 Å². The Labute approximate surface area is 116 Å².